The van der Waals surface area contributed by atoms with Crippen LogP contribution in [-0.2, 0) is 0 Å². The summed E-state index contributed by atoms with van der Waals surface area (Å²) in [6.45, 7) is 1.87. The molecule has 1 amide bonds. The fourth-order valence-electron chi connectivity index (χ4n) is 1.74. The van der Waals surface area contributed by atoms with Crippen molar-refractivity contribution in [2.24, 2.45) is 0 Å². The van der Waals surface area contributed by atoms with Gasteiger partial charge in [0.2, 0.25) is 0 Å². The van der Waals surface area contributed by atoms with Gasteiger partial charge < -0.3 is 11.1 Å². The number of thiazole rings is 1. The SMILES string of the molecule is Cc1cn[nH]c1NC(=O)c1ccc2nc(N)sc2c1. The highest BCUT2D eigenvalue weighted by molar-refractivity contribution is 7.22. The van der Waals surface area contributed by atoms with Crippen LogP contribution in [0.5, 0.6) is 0 Å². The monoisotopic (exact) mass is 273 g/mol. The smallest absolute Gasteiger partial charge is 0.256 e. The number of benzene rings is 1. The summed E-state index contributed by atoms with van der Waals surface area (Å²) in [4.78, 5) is 16.3. The molecule has 0 aliphatic rings. The highest BCUT2D eigenvalue weighted by Crippen LogP contribution is 2.25. The van der Waals surface area contributed by atoms with Crippen molar-refractivity contribution in [2.45, 2.75) is 6.92 Å². The maximum atomic E-state index is 12.1. The van der Waals surface area contributed by atoms with E-state index in [1.165, 1.54) is 11.3 Å². The van der Waals surface area contributed by atoms with Crippen molar-refractivity contribution in [3.63, 3.8) is 0 Å². The Kier molecular flexibility index (Phi) is 2.68. The number of carbonyl (C=O) groups is 1. The molecule has 6 nitrogen and oxygen atoms in total. The number of nitrogens with one attached hydrogen (secondary N) is 2. The van der Waals surface area contributed by atoms with E-state index in [-0.39, 0.29) is 5.91 Å². The number of hydrogen-bond acceptors (Lipinski definition) is 5. The number of aromatic nitrogens is 3. The first-order valence-electron chi connectivity index (χ1n) is 5.61. The molecule has 0 unspecified atom stereocenters. The van der Waals surface area contributed by atoms with Crippen LogP contribution in [0, 0.1) is 6.92 Å². The topological polar surface area (TPSA) is 96.7 Å². The van der Waals surface area contributed by atoms with E-state index >= 15 is 0 Å². The van der Waals surface area contributed by atoms with Gasteiger partial charge in [0.1, 0.15) is 5.82 Å². The lowest BCUT2D eigenvalue weighted by Crippen LogP contribution is -2.12. The predicted octanol–water partition coefficient (Wildman–Crippen LogP) is 2.16. The first-order valence-corrected chi connectivity index (χ1v) is 6.42. The quantitative estimate of drug-likeness (QED) is 0.666. The molecule has 0 aliphatic heterocycles. The Morgan fingerprint density at radius 2 is 2.32 bits per heavy atom. The molecule has 4 N–H and O–H groups in total. The van der Waals surface area contributed by atoms with Gasteiger partial charge in [0.05, 0.1) is 16.4 Å². The molecule has 96 valence electrons. The first-order chi connectivity index (χ1) is 9.13. The van der Waals surface area contributed by atoms with Gasteiger partial charge in [-0.15, -0.1) is 0 Å². The average molecular weight is 273 g/mol. The van der Waals surface area contributed by atoms with Crippen LogP contribution in [0.4, 0.5) is 10.9 Å². The molecule has 1 aromatic carbocycles. The molecular weight excluding hydrogens is 262 g/mol. The standard InChI is InChI=1S/C12H11N5OS/c1-6-5-14-17-10(6)16-11(18)7-2-3-8-9(4-7)19-12(13)15-8/h2-5H,1H3,(H2,13,15)(H2,14,16,17,18). The number of rotatable bonds is 2. The minimum atomic E-state index is -0.193. The number of aryl methyl sites for hydroxylation is 1. The Labute approximate surface area is 112 Å². The molecule has 0 bridgehead atoms. The van der Waals surface area contributed by atoms with Crippen LogP contribution < -0.4 is 11.1 Å². The van der Waals surface area contributed by atoms with Crippen LogP contribution in [0.25, 0.3) is 10.2 Å². The lowest BCUT2D eigenvalue weighted by atomic mass is 10.2. The van der Waals surface area contributed by atoms with E-state index in [0.29, 0.717) is 16.5 Å². The maximum Gasteiger partial charge on any atom is 0.256 e. The Hall–Kier alpha value is -2.41. The fourth-order valence-corrected chi connectivity index (χ4v) is 2.52. The van der Waals surface area contributed by atoms with Gasteiger partial charge in [0.25, 0.3) is 5.91 Å². The molecule has 0 fully saturated rings. The zero-order chi connectivity index (χ0) is 13.4. The van der Waals surface area contributed by atoms with Crippen LogP contribution in [0.3, 0.4) is 0 Å². The molecular formula is C12H11N5OS. The fraction of sp³-hybridized carbons (Fsp3) is 0.0833. The molecule has 0 radical (unpaired) electrons. The second kappa shape index (κ2) is 4.36. The molecule has 2 heterocycles. The van der Waals surface area contributed by atoms with Gasteiger partial charge in [-0.3, -0.25) is 9.89 Å². The third-order valence-electron chi connectivity index (χ3n) is 2.73. The Morgan fingerprint density at radius 1 is 1.47 bits per heavy atom. The average Bonchev–Trinajstić information content (AvgIpc) is 2.93. The molecule has 19 heavy (non-hydrogen) atoms. The summed E-state index contributed by atoms with van der Waals surface area (Å²) in [5, 5.41) is 9.86. The number of nitrogens with zero attached hydrogens (tertiary/aromatic N) is 2. The van der Waals surface area contributed by atoms with Gasteiger partial charge in [0.15, 0.2) is 5.13 Å². The normalized spacial score (nSPS) is 10.8. The van der Waals surface area contributed by atoms with Gasteiger partial charge in [-0.1, -0.05) is 11.3 Å². The molecule has 3 rings (SSSR count). The van der Waals surface area contributed by atoms with Crippen LogP contribution in [0.15, 0.2) is 24.4 Å². The highest BCUT2D eigenvalue weighted by Gasteiger charge is 2.10. The number of H-pyrrole nitrogens is 1. The van der Waals surface area contributed by atoms with Gasteiger partial charge in [-0.05, 0) is 25.1 Å². The number of carbonyl (C=O) groups excluding carboxylic acids is 1. The summed E-state index contributed by atoms with van der Waals surface area (Å²) in [5.41, 5.74) is 7.89. The van der Waals surface area contributed by atoms with E-state index in [1.54, 1.807) is 24.4 Å². The highest BCUT2D eigenvalue weighted by atomic mass is 32.1. The van der Waals surface area contributed by atoms with E-state index in [0.717, 1.165) is 15.8 Å². The number of anilines is 2. The van der Waals surface area contributed by atoms with Crippen molar-refractivity contribution >= 4 is 38.4 Å². The summed E-state index contributed by atoms with van der Waals surface area (Å²) in [6.07, 6.45) is 1.66. The summed E-state index contributed by atoms with van der Waals surface area (Å²) in [6, 6.07) is 5.30. The lowest BCUT2D eigenvalue weighted by molar-refractivity contribution is 0.102. The van der Waals surface area contributed by atoms with Crippen molar-refractivity contribution in [3.05, 3.63) is 35.5 Å². The number of hydrogen-bond donors (Lipinski definition) is 3. The molecule has 2 aromatic heterocycles. The maximum absolute atomic E-state index is 12.1. The van der Waals surface area contributed by atoms with Crippen molar-refractivity contribution in [3.8, 4) is 0 Å². The van der Waals surface area contributed by atoms with E-state index in [1.807, 2.05) is 6.92 Å². The lowest BCUT2D eigenvalue weighted by Gasteiger charge is -2.03. The minimum Gasteiger partial charge on any atom is -0.375 e. The number of amides is 1. The second-order valence-corrected chi connectivity index (χ2v) is 5.18. The molecule has 0 spiro atoms. The predicted molar refractivity (Wildman–Crippen MR) is 75.3 cm³/mol. The van der Waals surface area contributed by atoms with E-state index < -0.39 is 0 Å². The number of nitrogens with two attached hydrogens (primary N) is 1. The summed E-state index contributed by atoms with van der Waals surface area (Å²) >= 11 is 1.36. The van der Waals surface area contributed by atoms with Gasteiger partial charge in [-0.2, -0.15) is 5.10 Å². The van der Waals surface area contributed by atoms with Crippen LogP contribution >= 0.6 is 11.3 Å². The first kappa shape index (κ1) is 11.7. The third-order valence-corrected chi connectivity index (χ3v) is 3.58. The Balaban J connectivity index is 1.91. The van der Waals surface area contributed by atoms with Crippen LogP contribution in [-0.4, -0.2) is 21.1 Å². The number of fused-ring (bicyclic) bond motifs is 1. The van der Waals surface area contributed by atoms with Gasteiger partial charge in [-0.25, -0.2) is 4.98 Å². The zero-order valence-corrected chi connectivity index (χ0v) is 10.9. The summed E-state index contributed by atoms with van der Waals surface area (Å²) < 4.78 is 0.895. The molecule has 0 saturated heterocycles. The number of nitrogen functional groups attached to an aromatic ring is 1. The van der Waals surface area contributed by atoms with Crippen molar-refractivity contribution in [1.29, 1.82) is 0 Å². The van der Waals surface area contributed by atoms with E-state index in [4.69, 9.17) is 5.73 Å². The van der Waals surface area contributed by atoms with Gasteiger partial charge >= 0.3 is 0 Å². The second-order valence-electron chi connectivity index (χ2n) is 4.12. The molecule has 0 saturated carbocycles. The number of aromatic amines is 1. The largest absolute Gasteiger partial charge is 0.375 e. The van der Waals surface area contributed by atoms with Crippen molar-refractivity contribution in [1.82, 2.24) is 15.2 Å². The molecule has 0 aliphatic carbocycles. The summed E-state index contributed by atoms with van der Waals surface area (Å²) in [7, 11) is 0. The minimum absolute atomic E-state index is 0.193. The molecule has 0 atom stereocenters. The van der Waals surface area contributed by atoms with E-state index in [2.05, 4.69) is 20.5 Å². The van der Waals surface area contributed by atoms with Crippen molar-refractivity contribution in [2.75, 3.05) is 11.1 Å². The molecule has 7 heteroatoms. The molecule has 3 aromatic rings. The van der Waals surface area contributed by atoms with E-state index in [9.17, 15) is 4.79 Å². The third kappa shape index (κ3) is 2.15. The van der Waals surface area contributed by atoms with Crippen LogP contribution in [0.1, 0.15) is 15.9 Å². The summed E-state index contributed by atoms with van der Waals surface area (Å²) in [5.74, 6) is 0.412. The Bertz CT molecular complexity index is 760. The van der Waals surface area contributed by atoms with Crippen molar-refractivity contribution < 1.29 is 4.79 Å². The van der Waals surface area contributed by atoms with Gasteiger partial charge in [0, 0.05) is 11.1 Å². The zero-order valence-electron chi connectivity index (χ0n) is 10.1. The van der Waals surface area contributed by atoms with Crippen LogP contribution in [0.2, 0.25) is 0 Å². The Morgan fingerprint density at radius 3 is 3.05 bits per heavy atom.